The number of carbonyl (C=O) groups excluding carboxylic acids is 2. The first-order chi connectivity index (χ1) is 18.5. The molecule has 0 aromatic heterocycles. The van der Waals surface area contributed by atoms with Crippen molar-refractivity contribution in [1.82, 2.24) is 10.2 Å². The molecule has 0 fully saturated rings. The number of sulfonamides is 1. The second-order valence-corrected chi connectivity index (χ2v) is 11.6. The van der Waals surface area contributed by atoms with Crippen LogP contribution in [0.5, 0.6) is 11.5 Å². The molecule has 0 saturated carbocycles. The zero-order chi connectivity index (χ0) is 28.7. The van der Waals surface area contributed by atoms with Crippen molar-refractivity contribution in [3.8, 4) is 11.5 Å². The van der Waals surface area contributed by atoms with E-state index in [1.807, 2.05) is 31.2 Å². The van der Waals surface area contributed by atoms with Gasteiger partial charge in [-0.1, -0.05) is 45.8 Å². The summed E-state index contributed by atoms with van der Waals surface area (Å²) in [5.41, 5.74) is 1.78. The Hall–Kier alpha value is -3.57. The Morgan fingerprint density at radius 2 is 1.62 bits per heavy atom. The quantitative estimate of drug-likeness (QED) is 0.347. The highest BCUT2D eigenvalue weighted by Crippen LogP contribution is 2.36. The first kappa shape index (κ1) is 30.0. The van der Waals surface area contributed by atoms with E-state index in [9.17, 15) is 18.0 Å². The molecular weight excluding hydrogens is 586 g/mol. The van der Waals surface area contributed by atoms with Crippen LogP contribution in [0, 0.1) is 6.92 Å². The zero-order valence-corrected chi connectivity index (χ0v) is 24.9. The molecule has 0 heterocycles. The SMILES string of the molecule is CNC(=O)[C@H](C)N(Cc1ccc(Br)cc1)C(=O)CN(c1cc(OC)ccc1OC)S(=O)(=O)c1ccc(C)cc1. The summed E-state index contributed by atoms with van der Waals surface area (Å²) < 4.78 is 40.7. The Kier molecular flexibility index (Phi) is 9.98. The zero-order valence-electron chi connectivity index (χ0n) is 22.5. The van der Waals surface area contributed by atoms with Crippen molar-refractivity contribution < 1.29 is 27.5 Å². The van der Waals surface area contributed by atoms with Gasteiger partial charge in [0.2, 0.25) is 11.8 Å². The van der Waals surface area contributed by atoms with Gasteiger partial charge in [-0.3, -0.25) is 13.9 Å². The van der Waals surface area contributed by atoms with Crippen LogP contribution in [0.4, 0.5) is 5.69 Å². The minimum absolute atomic E-state index is 0.00424. The van der Waals surface area contributed by atoms with Gasteiger partial charge in [0.15, 0.2) is 0 Å². The van der Waals surface area contributed by atoms with Gasteiger partial charge in [-0.2, -0.15) is 0 Å². The van der Waals surface area contributed by atoms with E-state index in [1.54, 1.807) is 31.2 Å². The second-order valence-electron chi connectivity index (χ2n) is 8.80. The summed E-state index contributed by atoms with van der Waals surface area (Å²) in [5, 5.41) is 2.57. The number of ether oxygens (including phenoxy) is 2. The number of hydrogen-bond acceptors (Lipinski definition) is 6. The van der Waals surface area contributed by atoms with Crippen LogP contribution in [0.25, 0.3) is 0 Å². The largest absolute Gasteiger partial charge is 0.497 e. The van der Waals surface area contributed by atoms with E-state index in [4.69, 9.17) is 9.47 Å². The average Bonchev–Trinajstić information content (AvgIpc) is 2.94. The number of benzene rings is 3. The number of halogens is 1. The smallest absolute Gasteiger partial charge is 0.264 e. The molecule has 0 spiro atoms. The molecule has 1 N–H and O–H groups in total. The predicted molar refractivity (Wildman–Crippen MR) is 153 cm³/mol. The summed E-state index contributed by atoms with van der Waals surface area (Å²) in [7, 11) is 0.112. The summed E-state index contributed by atoms with van der Waals surface area (Å²) in [5.74, 6) is -0.340. The molecular formula is C28H32BrN3O6S. The molecule has 0 aliphatic rings. The van der Waals surface area contributed by atoms with Crippen LogP contribution in [0.1, 0.15) is 18.1 Å². The number of hydrogen-bond donors (Lipinski definition) is 1. The molecule has 208 valence electrons. The first-order valence-electron chi connectivity index (χ1n) is 12.1. The van der Waals surface area contributed by atoms with E-state index in [0.717, 1.165) is 19.9 Å². The fourth-order valence-electron chi connectivity index (χ4n) is 3.92. The van der Waals surface area contributed by atoms with Crippen LogP contribution in [-0.2, 0) is 26.2 Å². The average molecular weight is 619 g/mol. The van der Waals surface area contributed by atoms with Crippen molar-refractivity contribution in [2.24, 2.45) is 0 Å². The maximum absolute atomic E-state index is 14.0. The number of anilines is 1. The van der Waals surface area contributed by atoms with Crippen molar-refractivity contribution in [2.45, 2.75) is 31.3 Å². The van der Waals surface area contributed by atoms with Crippen molar-refractivity contribution in [2.75, 3.05) is 32.1 Å². The molecule has 0 aliphatic heterocycles. The van der Waals surface area contributed by atoms with Gasteiger partial charge < -0.3 is 19.7 Å². The molecule has 3 aromatic carbocycles. The lowest BCUT2D eigenvalue weighted by Crippen LogP contribution is -2.50. The molecule has 0 saturated heterocycles. The third-order valence-electron chi connectivity index (χ3n) is 6.22. The second kappa shape index (κ2) is 13.0. The van der Waals surface area contributed by atoms with Crippen LogP contribution in [0.15, 0.2) is 76.1 Å². The predicted octanol–water partition coefficient (Wildman–Crippen LogP) is 4.13. The van der Waals surface area contributed by atoms with E-state index < -0.39 is 28.5 Å². The Morgan fingerprint density at radius 1 is 0.974 bits per heavy atom. The highest BCUT2D eigenvalue weighted by atomic mass is 79.9. The van der Waals surface area contributed by atoms with Gasteiger partial charge in [0.1, 0.15) is 24.1 Å². The highest BCUT2D eigenvalue weighted by molar-refractivity contribution is 9.10. The minimum atomic E-state index is -4.24. The van der Waals surface area contributed by atoms with Gasteiger partial charge in [0.05, 0.1) is 24.8 Å². The molecule has 0 radical (unpaired) electrons. The fraction of sp³-hybridized carbons (Fsp3) is 0.286. The summed E-state index contributed by atoms with van der Waals surface area (Å²) >= 11 is 3.40. The third kappa shape index (κ3) is 7.10. The summed E-state index contributed by atoms with van der Waals surface area (Å²) in [6.07, 6.45) is 0. The standard InChI is InChI=1S/C28H32BrN3O6S/c1-19-6-13-24(14-7-19)39(35,36)32(25-16-23(37-4)12-15-26(25)38-5)18-27(33)31(20(2)28(34)30-3)17-21-8-10-22(29)11-9-21/h6-16,20H,17-18H2,1-5H3,(H,30,34)/t20-/m0/s1. The van der Waals surface area contributed by atoms with Crippen molar-refractivity contribution in [3.63, 3.8) is 0 Å². The van der Waals surface area contributed by atoms with E-state index in [1.165, 1.54) is 44.4 Å². The van der Waals surface area contributed by atoms with Crippen LogP contribution < -0.4 is 19.1 Å². The Labute approximate surface area is 237 Å². The van der Waals surface area contributed by atoms with Gasteiger partial charge in [0.25, 0.3) is 10.0 Å². The van der Waals surface area contributed by atoms with Crippen LogP contribution in [0.2, 0.25) is 0 Å². The molecule has 3 rings (SSSR count). The lowest BCUT2D eigenvalue weighted by molar-refractivity contribution is -0.139. The molecule has 0 bridgehead atoms. The van der Waals surface area contributed by atoms with E-state index in [0.29, 0.717) is 5.75 Å². The lowest BCUT2D eigenvalue weighted by Gasteiger charge is -2.32. The summed E-state index contributed by atoms with van der Waals surface area (Å²) in [4.78, 5) is 27.9. The molecule has 2 amide bonds. The molecule has 0 aliphatic carbocycles. The van der Waals surface area contributed by atoms with E-state index in [-0.39, 0.29) is 28.8 Å². The number of methoxy groups -OCH3 is 2. The van der Waals surface area contributed by atoms with Gasteiger partial charge >= 0.3 is 0 Å². The maximum Gasteiger partial charge on any atom is 0.264 e. The third-order valence-corrected chi connectivity index (χ3v) is 8.53. The molecule has 9 nitrogen and oxygen atoms in total. The van der Waals surface area contributed by atoms with Crippen LogP contribution >= 0.6 is 15.9 Å². The molecule has 11 heteroatoms. The topological polar surface area (TPSA) is 105 Å². The number of carbonyl (C=O) groups is 2. The molecule has 1 atom stereocenters. The molecule has 3 aromatic rings. The van der Waals surface area contributed by atoms with Gasteiger partial charge in [-0.25, -0.2) is 8.42 Å². The van der Waals surface area contributed by atoms with Crippen LogP contribution in [-0.4, -0.2) is 59.0 Å². The van der Waals surface area contributed by atoms with Crippen LogP contribution in [0.3, 0.4) is 0 Å². The van der Waals surface area contributed by atoms with Crippen molar-refractivity contribution in [1.29, 1.82) is 0 Å². The van der Waals surface area contributed by atoms with Gasteiger partial charge in [0, 0.05) is 24.1 Å². The van der Waals surface area contributed by atoms with Crippen molar-refractivity contribution >= 4 is 43.5 Å². The van der Waals surface area contributed by atoms with Gasteiger partial charge in [-0.15, -0.1) is 0 Å². The highest BCUT2D eigenvalue weighted by Gasteiger charge is 2.34. The number of amides is 2. The maximum atomic E-state index is 14.0. The fourth-order valence-corrected chi connectivity index (χ4v) is 5.60. The monoisotopic (exact) mass is 617 g/mol. The first-order valence-corrected chi connectivity index (χ1v) is 14.3. The Morgan fingerprint density at radius 3 is 2.18 bits per heavy atom. The summed E-state index contributed by atoms with van der Waals surface area (Å²) in [6, 6.07) is 17.5. The Balaban J connectivity index is 2.12. The number of likely N-dealkylation sites (N-methyl/N-ethyl adjacent to an activating group) is 1. The van der Waals surface area contributed by atoms with Crippen molar-refractivity contribution in [3.05, 3.63) is 82.3 Å². The number of rotatable bonds is 11. The van der Waals surface area contributed by atoms with E-state index >= 15 is 0 Å². The Bertz CT molecular complexity index is 1410. The number of aryl methyl sites for hydroxylation is 1. The molecule has 39 heavy (non-hydrogen) atoms. The molecule has 0 unspecified atom stereocenters. The normalized spacial score (nSPS) is 11.8. The number of nitrogens with zero attached hydrogens (tertiary/aromatic N) is 2. The van der Waals surface area contributed by atoms with E-state index in [2.05, 4.69) is 21.2 Å². The summed E-state index contributed by atoms with van der Waals surface area (Å²) in [6.45, 7) is 2.95. The number of nitrogens with one attached hydrogen (secondary N) is 1. The lowest BCUT2D eigenvalue weighted by atomic mass is 10.1. The minimum Gasteiger partial charge on any atom is -0.497 e. The van der Waals surface area contributed by atoms with Gasteiger partial charge in [-0.05, 0) is 55.8 Å².